The summed E-state index contributed by atoms with van der Waals surface area (Å²) in [5.41, 5.74) is 0. The second kappa shape index (κ2) is 6.83. The molecule has 0 saturated carbocycles. The highest BCUT2D eigenvalue weighted by Gasteiger charge is 2.24. The Morgan fingerprint density at radius 2 is 2.20 bits per heavy atom. The SMILES string of the molecule is CCOC(=O)N1CCC(NC(=O)Nc2ccco2)CC1. The fraction of sp³-hybridized carbons (Fsp3) is 0.538. The number of piperidine rings is 1. The molecule has 2 heterocycles. The average molecular weight is 281 g/mol. The van der Waals surface area contributed by atoms with E-state index in [9.17, 15) is 9.59 Å². The number of likely N-dealkylation sites (tertiary alicyclic amines) is 1. The van der Waals surface area contributed by atoms with Crippen LogP contribution in [0.5, 0.6) is 0 Å². The fourth-order valence-electron chi connectivity index (χ4n) is 2.10. The summed E-state index contributed by atoms with van der Waals surface area (Å²) in [6, 6.07) is 3.13. The van der Waals surface area contributed by atoms with Crippen molar-refractivity contribution in [3.63, 3.8) is 0 Å². The Hall–Kier alpha value is -2.18. The number of rotatable bonds is 3. The van der Waals surface area contributed by atoms with Gasteiger partial charge >= 0.3 is 12.1 Å². The molecule has 1 aliphatic heterocycles. The minimum Gasteiger partial charge on any atom is -0.450 e. The van der Waals surface area contributed by atoms with E-state index in [2.05, 4.69) is 10.6 Å². The molecule has 7 heteroatoms. The molecule has 7 nitrogen and oxygen atoms in total. The second-order valence-electron chi connectivity index (χ2n) is 4.54. The minimum absolute atomic E-state index is 0.0515. The molecule has 20 heavy (non-hydrogen) atoms. The topological polar surface area (TPSA) is 83.8 Å². The van der Waals surface area contributed by atoms with E-state index in [1.165, 1.54) is 6.26 Å². The largest absolute Gasteiger partial charge is 0.450 e. The van der Waals surface area contributed by atoms with Gasteiger partial charge in [0.15, 0.2) is 0 Å². The van der Waals surface area contributed by atoms with Crippen LogP contribution >= 0.6 is 0 Å². The number of anilines is 1. The fourth-order valence-corrected chi connectivity index (χ4v) is 2.10. The summed E-state index contributed by atoms with van der Waals surface area (Å²) in [5.74, 6) is 0.409. The van der Waals surface area contributed by atoms with E-state index in [0.29, 0.717) is 38.4 Å². The molecule has 0 unspecified atom stereocenters. The number of carbonyl (C=O) groups is 2. The normalized spacial score (nSPS) is 15.8. The van der Waals surface area contributed by atoms with Gasteiger partial charge in [-0.05, 0) is 25.8 Å². The van der Waals surface area contributed by atoms with Crippen LogP contribution in [0.1, 0.15) is 19.8 Å². The molecule has 3 amide bonds. The quantitative estimate of drug-likeness (QED) is 0.887. The lowest BCUT2D eigenvalue weighted by molar-refractivity contribution is 0.0959. The summed E-state index contributed by atoms with van der Waals surface area (Å²) in [7, 11) is 0. The van der Waals surface area contributed by atoms with Crippen LogP contribution in [-0.4, -0.2) is 42.8 Å². The van der Waals surface area contributed by atoms with Crippen molar-refractivity contribution in [1.82, 2.24) is 10.2 Å². The van der Waals surface area contributed by atoms with E-state index in [1.807, 2.05) is 0 Å². The molecule has 0 spiro atoms. The molecule has 2 N–H and O–H groups in total. The summed E-state index contributed by atoms with van der Waals surface area (Å²) < 4.78 is 9.97. The highest BCUT2D eigenvalue weighted by atomic mass is 16.6. The van der Waals surface area contributed by atoms with Crippen LogP contribution in [0.2, 0.25) is 0 Å². The zero-order chi connectivity index (χ0) is 14.4. The molecule has 1 aromatic heterocycles. The van der Waals surface area contributed by atoms with Crippen LogP contribution in [-0.2, 0) is 4.74 Å². The lowest BCUT2D eigenvalue weighted by Gasteiger charge is -2.31. The number of urea groups is 1. The van der Waals surface area contributed by atoms with E-state index in [1.54, 1.807) is 24.0 Å². The van der Waals surface area contributed by atoms with Gasteiger partial charge in [0, 0.05) is 25.2 Å². The van der Waals surface area contributed by atoms with Gasteiger partial charge in [-0.25, -0.2) is 9.59 Å². The van der Waals surface area contributed by atoms with Crippen LogP contribution in [0, 0.1) is 0 Å². The van der Waals surface area contributed by atoms with Crippen molar-refractivity contribution >= 4 is 18.0 Å². The Labute approximate surface area is 117 Å². The Balaban J connectivity index is 1.71. The van der Waals surface area contributed by atoms with Crippen LogP contribution in [0.25, 0.3) is 0 Å². The van der Waals surface area contributed by atoms with Crippen molar-refractivity contribution in [3.8, 4) is 0 Å². The van der Waals surface area contributed by atoms with Gasteiger partial charge in [-0.1, -0.05) is 0 Å². The van der Waals surface area contributed by atoms with Crippen molar-refractivity contribution in [1.29, 1.82) is 0 Å². The third-order valence-corrected chi connectivity index (χ3v) is 3.11. The molecule has 0 aromatic carbocycles. The van der Waals surface area contributed by atoms with Gasteiger partial charge in [0.05, 0.1) is 12.9 Å². The molecule has 1 fully saturated rings. The molecule has 1 aromatic rings. The number of hydrogen-bond donors (Lipinski definition) is 2. The van der Waals surface area contributed by atoms with E-state index < -0.39 is 0 Å². The Bertz CT molecular complexity index is 438. The predicted molar refractivity (Wildman–Crippen MR) is 72.5 cm³/mol. The predicted octanol–water partition coefficient (Wildman–Crippen LogP) is 2.02. The molecular formula is C13H19N3O4. The first-order chi connectivity index (χ1) is 9.69. The molecule has 0 aliphatic carbocycles. The lowest BCUT2D eigenvalue weighted by Crippen LogP contribution is -2.47. The van der Waals surface area contributed by atoms with E-state index >= 15 is 0 Å². The maximum absolute atomic E-state index is 11.7. The van der Waals surface area contributed by atoms with Gasteiger partial charge < -0.3 is 19.4 Å². The molecule has 0 atom stereocenters. The van der Waals surface area contributed by atoms with E-state index in [-0.39, 0.29) is 18.2 Å². The standard InChI is InChI=1S/C13H19N3O4/c1-2-19-13(18)16-7-5-10(6-8-16)14-12(17)15-11-4-3-9-20-11/h3-4,9-10H,2,5-8H2,1H3,(H2,14,15,17). The first-order valence-corrected chi connectivity index (χ1v) is 6.71. The molecule has 110 valence electrons. The third kappa shape index (κ3) is 3.91. The molecule has 2 rings (SSSR count). The van der Waals surface area contributed by atoms with Gasteiger partial charge in [0.2, 0.25) is 5.88 Å². The molecule has 1 saturated heterocycles. The highest BCUT2D eigenvalue weighted by molar-refractivity contribution is 5.87. The number of amides is 3. The minimum atomic E-state index is -0.297. The monoisotopic (exact) mass is 281 g/mol. The number of carbonyl (C=O) groups excluding carboxylic acids is 2. The molecule has 0 radical (unpaired) electrons. The first kappa shape index (κ1) is 14.2. The number of hydrogen-bond acceptors (Lipinski definition) is 4. The second-order valence-corrected chi connectivity index (χ2v) is 4.54. The van der Waals surface area contributed by atoms with Crippen LogP contribution < -0.4 is 10.6 Å². The maximum Gasteiger partial charge on any atom is 0.409 e. The van der Waals surface area contributed by atoms with Crippen molar-refractivity contribution < 1.29 is 18.7 Å². The van der Waals surface area contributed by atoms with Gasteiger partial charge in [0.25, 0.3) is 0 Å². The number of furan rings is 1. The van der Waals surface area contributed by atoms with Crippen LogP contribution in [0.3, 0.4) is 0 Å². The van der Waals surface area contributed by atoms with Gasteiger partial charge in [-0.2, -0.15) is 0 Å². The van der Waals surface area contributed by atoms with Gasteiger partial charge in [0.1, 0.15) is 0 Å². The lowest BCUT2D eigenvalue weighted by atomic mass is 10.1. The average Bonchev–Trinajstić information content (AvgIpc) is 2.92. The Morgan fingerprint density at radius 3 is 2.80 bits per heavy atom. The maximum atomic E-state index is 11.7. The zero-order valence-electron chi connectivity index (χ0n) is 11.4. The van der Waals surface area contributed by atoms with Crippen LogP contribution in [0.4, 0.5) is 15.5 Å². The molecular weight excluding hydrogens is 262 g/mol. The van der Waals surface area contributed by atoms with Crippen molar-refractivity contribution in [2.45, 2.75) is 25.8 Å². The van der Waals surface area contributed by atoms with Crippen LogP contribution in [0.15, 0.2) is 22.8 Å². The summed E-state index contributed by atoms with van der Waals surface area (Å²) in [4.78, 5) is 24.9. The number of nitrogens with one attached hydrogen (secondary N) is 2. The molecule has 1 aliphatic rings. The Morgan fingerprint density at radius 1 is 1.45 bits per heavy atom. The summed E-state index contributed by atoms with van der Waals surface area (Å²) in [6.45, 7) is 3.34. The Kier molecular flexibility index (Phi) is 4.86. The van der Waals surface area contributed by atoms with Gasteiger partial charge in [-0.15, -0.1) is 0 Å². The third-order valence-electron chi connectivity index (χ3n) is 3.11. The molecule has 0 bridgehead atoms. The van der Waals surface area contributed by atoms with Crippen molar-refractivity contribution in [2.24, 2.45) is 0 Å². The van der Waals surface area contributed by atoms with Crippen molar-refractivity contribution in [2.75, 3.05) is 25.0 Å². The van der Waals surface area contributed by atoms with E-state index in [0.717, 1.165) is 0 Å². The van der Waals surface area contributed by atoms with Crippen molar-refractivity contribution in [3.05, 3.63) is 18.4 Å². The first-order valence-electron chi connectivity index (χ1n) is 6.71. The van der Waals surface area contributed by atoms with E-state index in [4.69, 9.17) is 9.15 Å². The van der Waals surface area contributed by atoms with Gasteiger partial charge in [-0.3, -0.25) is 5.32 Å². The number of ether oxygens (including phenoxy) is 1. The number of nitrogens with zero attached hydrogens (tertiary/aromatic N) is 1. The zero-order valence-corrected chi connectivity index (χ0v) is 11.4. The summed E-state index contributed by atoms with van der Waals surface area (Å²) in [6.07, 6.45) is 2.63. The smallest absolute Gasteiger partial charge is 0.409 e. The highest BCUT2D eigenvalue weighted by Crippen LogP contribution is 2.12. The summed E-state index contributed by atoms with van der Waals surface area (Å²) >= 11 is 0. The summed E-state index contributed by atoms with van der Waals surface area (Å²) in [5, 5.41) is 5.46.